The lowest BCUT2D eigenvalue weighted by atomic mass is 10.1. The number of amides is 2. The SMILES string of the molecule is C[C@H]1COCCN1c1cc(C2(S(O)(O)c3ccccn3)CC2)nc(-c2ccc(NC(=O)Nc3ccon3)cc2)n1. The molecule has 0 spiro atoms. The molecule has 40 heavy (non-hydrogen) atoms. The third kappa shape index (κ3) is 4.99. The topological polar surface area (TPSA) is 159 Å². The van der Waals surface area contributed by atoms with Crippen molar-refractivity contribution in [3.8, 4) is 11.4 Å². The zero-order valence-electron chi connectivity index (χ0n) is 21.7. The van der Waals surface area contributed by atoms with Crippen molar-refractivity contribution in [1.82, 2.24) is 20.1 Å². The minimum atomic E-state index is -3.29. The van der Waals surface area contributed by atoms with Gasteiger partial charge in [-0.15, -0.1) is 10.6 Å². The second-order valence-corrected chi connectivity index (χ2v) is 12.1. The quantitative estimate of drug-likeness (QED) is 0.236. The van der Waals surface area contributed by atoms with Crippen LogP contribution in [0.1, 0.15) is 25.5 Å². The molecule has 2 aliphatic rings. The number of nitrogens with zero attached hydrogens (tertiary/aromatic N) is 5. The van der Waals surface area contributed by atoms with Crippen LogP contribution in [0.4, 0.5) is 22.1 Å². The molecule has 0 radical (unpaired) electrons. The maximum absolute atomic E-state index is 12.3. The van der Waals surface area contributed by atoms with Crippen LogP contribution in [0.15, 0.2) is 76.6 Å². The fraction of sp³-hybridized carbons (Fsp3) is 0.296. The summed E-state index contributed by atoms with van der Waals surface area (Å²) >= 11 is 0. The predicted octanol–water partition coefficient (Wildman–Crippen LogP) is 5.19. The van der Waals surface area contributed by atoms with Crippen LogP contribution in [-0.2, 0) is 9.48 Å². The van der Waals surface area contributed by atoms with Crippen molar-refractivity contribution in [2.75, 3.05) is 35.3 Å². The van der Waals surface area contributed by atoms with Gasteiger partial charge in [-0.3, -0.25) is 14.4 Å². The lowest BCUT2D eigenvalue weighted by Crippen LogP contribution is -2.44. The third-order valence-corrected chi connectivity index (χ3v) is 9.63. The number of hydrogen-bond donors (Lipinski definition) is 4. The molecule has 208 valence electrons. The molecule has 1 saturated carbocycles. The van der Waals surface area contributed by atoms with Gasteiger partial charge in [0.1, 0.15) is 21.9 Å². The summed E-state index contributed by atoms with van der Waals surface area (Å²) in [5, 5.41) is 9.24. The minimum Gasteiger partial charge on any atom is -0.377 e. The molecule has 1 atom stereocenters. The molecule has 1 aromatic carbocycles. The summed E-state index contributed by atoms with van der Waals surface area (Å²) in [7, 11) is -3.29. The van der Waals surface area contributed by atoms with Gasteiger partial charge in [0.2, 0.25) is 0 Å². The second-order valence-electron chi connectivity index (χ2n) is 9.80. The number of hydrogen-bond acceptors (Lipinski definition) is 10. The number of anilines is 3. The molecule has 1 aliphatic carbocycles. The van der Waals surface area contributed by atoms with Gasteiger partial charge in [-0.25, -0.2) is 19.7 Å². The number of carbonyl (C=O) groups is 1. The van der Waals surface area contributed by atoms with Crippen molar-refractivity contribution in [2.24, 2.45) is 0 Å². The summed E-state index contributed by atoms with van der Waals surface area (Å²) in [5.41, 5.74) is 1.86. The molecule has 0 unspecified atom stereocenters. The van der Waals surface area contributed by atoms with Crippen LogP contribution in [0.25, 0.3) is 11.4 Å². The number of aromatic nitrogens is 4. The molecule has 4 aromatic rings. The van der Waals surface area contributed by atoms with E-state index in [0.29, 0.717) is 61.4 Å². The van der Waals surface area contributed by atoms with E-state index in [0.717, 1.165) is 5.56 Å². The van der Waals surface area contributed by atoms with E-state index < -0.39 is 21.4 Å². The van der Waals surface area contributed by atoms with E-state index in [1.54, 1.807) is 36.5 Å². The van der Waals surface area contributed by atoms with Crippen molar-refractivity contribution in [3.05, 3.63) is 72.8 Å². The lowest BCUT2D eigenvalue weighted by Gasteiger charge is -2.40. The van der Waals surface area contributed by atoms with Crippen molar-refractivity contribution in [3.63, 3.8) is 0 Å². The first-order valence-electron chi connectivity index (χ1n) is 12.9. The first-order valence-corrected chi connectivity index (χ1v) is 14.4. The zero-order chi connectivity index (χ0) is 27.7. The smallest absolute Gasteiger partial charge is 0.324 e. The number of ether oxygens (including phenoxy) is 1. The van der Waals surface area contributed by atoms with Gasteiger partial charge in [-0.05, 0) is 56.2 Å². The minimum absolute atomic E-state index is 0.0884. The van der Waals surface area contributed by atoms with Gasteiger partial charge in [0.25, 0.3) is 0 Å². The Morgan fingerprint density at radius 1 is 1.10 bits per heavy atom. The molecule has 2 fully saturated rings. The van der Waals surface area contributed by atoms with E-state index in [1.165, 1.54) is 12.3 Å². The summed E-state index contributed by atoms with van der Waals surface area (Å²) in [6, 6.07) is 15.3. The van der Waals surface area contributed by atoms with Crippen LogP contribution in [0.2, 0.25) is 0 Å². The molecule has 13 heteroatoms. The average Bonchev–Trinajstić information content (AvgIpc) is 3.65. The average molecular weight is 564 g/mol. The van der Waals surface area contributed by atoms with E-state index in [9.17, 15) is 13.9 Å². The van der Waals surface area contributed by atoms with Crippen molar-refractivity contribution in [2.45, 2.75) is 35.6 Å². The van der Waals surface area contributed by atoms with Gasteiger partial charge >= 0.3 is 6.03 Å². The summed E-state index contributed by atoms with van der Waals surface area (Å²) < 4.78 is 32.4. The summed E-state index contributed by atoms with van der Waals surface area (Å²) in [5.74, 6) is 1.45. The highest BCUT2D eigenvalue weighted by molar-refractivity contribution is 8.25. The highest BCUT2D eigenvalue weighted by atomic mass is 32.3. The lowest BCUT2D eigenvalue weighted by molar-refractivity contribution is 0.0985. The second kappa shape index (κ2) is 10.5. The number of benzene rings is 1. The van der Waals surface area contributed by atoms with Crippen molar-refractivity contribution in [1.29, 1.82) is 0 Å². The molecule has 4 heterocycles. The molecule has 4 N–H and O–H groups in total. The van der Waals surface area contributed by atoms with Gasteiger partial charge in [-0.1, -0.05) is 11.2 Å². The van der Waals surface area contributed by atoms with Gasteiger partial charge in [0.15, 0.2) is 11.6 Å². The molecule has 6 rings (SSSR count). The van der Waals surface area contributed by atoms with E-state index in [1.807, 2.05) is 18.2 Å². The fourth-order valence-corrected chi connectivity index (χ4v) is 6.73. The Labute approximate surface area is 232 Å². The van der Waals surface area contributed by atoms with Crippen LogP contribution in [0, 0.1) is 0 Å². The first kappa shape index (κ1) is 26.2. The van der Waals surface area contributed by atoms with Gasteiger partial charge in [-0.2, -0.15) is 0 Å². The molecule has 0 bridgehead atoms. The Hall–Kier alpha value is -4.04. The van der Waals surface area contributed by atoms with E-state index in [4.69, 9.17) is 19.2 Å². The van der Waals surface area contributed by atoms with Crippen LogP contribution in [-0.4, -0.2) is 61.0 Å². The number of pyridine rings is 1. The Morgan fingerprint density at radius 2 is 1.93 bits per heavy atom. The van der Waals surface area contributed by atoms with Gasteiger partial charge in [0, 0.05) is 36.1 Å². The molecular formula is C27H29N7O5S. The number of rotatable bonds is 7. The molecule has 2 amide bonds. The monoisotopic (exact) mass is 563 g/mol. The molecule has 1 aliphatic heterocycles. The largest absolute Gasteiger partial charge is 0.377 e. The van der Waals surface area contributed by atoms with Crippen LogP contribution >= 0.6 is 10.6 Å². The third-order valence-electron chi connectivity index (χ3n) is 7.10. The maximum atomic E-state index is 12.3. The molecular weight excluding hydrogens is 534 g/mol. The van der Waals surface area contributed by atoms with Gasteiger partial charge < -0.3 is 19.5 Å². The van der Waals surface area contributed by atoms with Gasteiger partial charge in [0.05, 0.1) is 24.9 Å². The maximum Gasteiger partial charge on any atom is 0.324 e. The predicted molar refractivity (Wildman–Crippen MR) is 151 cm³/mol. The Kier molecular flexibility index (Phi) is 6.88. The molecule has 3 aromatic heterocycles. The summed E-state index contributed by atoms with van der Waals surface area (Å²) in [4.78, 5) is 28.4. The number of urea groups is 1. The van der Waals surface area contributed by atoms with Crippen molar-refractivity contribution < 1.29 is 23.2 Å². The normalized spacial score (nSPS) is 18.7. The number of morpholine rings is 1. The van der Waals surface area contributed by atoms with Crippen LogP contribution in [0.5, 0.6) is 0 Å². The number of carbonyl (C=O) groups excluding carboxylic acids is 1. The zero-order valence-corrected chi connectivity index (χ0v) is 22.5. The van der Waals surface area contributed by atoms with E-state index in [-0.39, 0.29) is 11.1 Å². The van der Waals surface area contributed by atoms with Crippen LogP contribution in [0.3, 0.4) is 0 Å². The Balaban J connectivity index is 1.34. The molecule has 1 saturated heterocycles. The standard InChI is InChI=1S/C27H29N7O5S/c1-18-17-38-15-13-34(18)23-16-21(27(10-11-27)40(36,37)24-4-2-3-12-28-24)30-25(32-23)19-5-7-20(8-6-19)29-26(35)31-22-9-14-39-33-22/h2-9,12,14,16,18,36-37H,10-11,13,15,17H2,1H3,(H2,29,31,33,35)/t18-/m0/s1. The van der Waals surface area contributed by atoms with Crippen molar-refractivity contribution >= 4 is 33.9 Å². The highest BCUT2D eigenvalue weighted by Gasteiger charge is 2.58. The summed E-state index contributed by atoms with van der Waals surface area (Å²) in [6.45, 7) is 3.87. The number of nitrogens with one attached hydrogen (secondary N) is 2. The van der Waals surface area contributed by atoms with Crippen LogP contribution < -0.4 is 15.5 Å². The highest BCUT2D eigenvalue weighted by Crippen LogP contribution is 2.74. The molecule has 12 nitrogen and oxygen atoms in total. The Morgan fingerprint density at radius 3 is 2.60 bits per heavy atom. The van der Waals surface area contributed by atoms with E-state index >= 15 is 0 Å². The Bertz CT molecular complexity index is 1480. The van der Waals surface area contributed by atoms with E-state index in [2.05, 4.69) is 32.6 Å². The summed E-state index contributed by atoms with van der Waals surface area (Å²) in [6.07, 6.45) is 4.08. The fourth-order valence-electron chi connectivity index (χ4n) is 4.79. The first-order chi connectivity index (χ1) is 19.4.